The minimum atomic E-state index is -0.0982. The van der Waals surface area contributed by atoms with Gasteiger partial charge in [-0.15, -0.1) is 0 Å². The first-order valence-corrected chi connectivity index (χ1v) is 11.8. The first-order valence-electron chi connectivity index (χ1n) is 11.8. The number of hydrogen-bond acceptors (Lipinski definition) is 4. The second kappa shape index (κ2) is 8.48. The SMILES string of the molecule is CC(C)(C)Cn1ccc(-c2ccc(C3CN(C(=O)N4CC[C@@H]5OCC(=O)N[C@@H]5C4)C3)cc2)n1. The summed E-state index contributed by atoms with van der Waals surface area (Å²) in [5, 5.41) is 7.68. The average molecular weight is 452 g/mol. The number of nitrogens with one attached hydrogen (secondary N) is 1. The standard InChI is InChI=1S/C25H33N5O3/c1-25(2,3)16-30-11-8-20(27-30)18-6-4-17(5-7-18)19-12-29(13-19)24(32)28-10-9-22-21(14-28)26-23(31)15-33-22/h4-8,11,19,21-22H,9-10,12-16H2,1-3H3,(H,26,31)/t21-,22+/m1/s1. The van der Waals surface area contributed by atoms with Crippen molar-refractivity contribution >= 4 is 11.9 Å². The van der Waals surface area contributed by atoms with Gasteiger partial charge < -0.3 is 19.9 Å². The summed E-state index contributed by atoms with van der Waals surface area (Å²) in [6, 6.07) is 10.6. The third-order valence-corrected chi connectivity index (χ3v) is 6.70. The molecule has 0 spiro atoms. The van der Waals surface area contributed by atoms with Crippen molar-refractivity contribution in [2.45, 2.75) is 51.8 Å². The predicted octanol–water partition coefficient (Wildman–Crippen LogP) is 2.70. The van der Waals surface area contributed by atoms with Gasteiger partial charge in [-0.25, -0.2) is 4.79 Å². The molecule has 0 unspecified atom stereocenters. The van der Waals surface area contributed by atoms with E-state index in [0.29, 0.717) is 19.0 Å². The van der Waals surface area contributed by atoms with E-state index in [0.717, 1.165) is 37.3 Å². The zero-order valence-corrected chi connectivity index (χ0v) is 19.7. The van der Waals surface area contributed by atoms with E-state index >= 15 is 0 Å². The van der Waals surface area contributed by atoms with Crippen molar-refractivity contribution in [3.05, 3.63) is 42.1 Å². The number of hydrogen-bond donors (Lipinski definition) is 1. The number of fused-ring (bicyclic) bond motifs is 1. The maximum absolute atomic E-state index is 12.9. The molecule has 3 amide bonds. The molecule has 8 heteroatoms. The van der Waals surface area contributed by atoms with Crippen molar-refractivity contribution in [3.63, 3.8) is 0 Å². The Kier molecular flexibility index (Phi) is 5.64. The van der Waals surface area contributed by atoms with Crippen LogP contribution in [0.4, 0.5) is 4.79 Å². The maximum Gasteiger partial charge on any atom is 0.320 e. The molecule has 4 heterocycles. The molecule has 3 aliphatic heterocycles. The van der Waals surface area contributed by atoms with Crippen LogP contribution in [-0.4, -0.2) is 76.5 Å². The van der Waals surface area contributed by atoms with E-state index in [1.807, 2.05) is 20.7 Å². The quantitative estimate of drug-likeness (QED) is 0.778. The third-order valence-electron chi connectivity index (χ3n) is 6.70. The summed E-state index contributed by atoms with van der Waals surface area (Å²) in [6.07, 6.45) is 2.83. The van der Waals surface area contributed by atoms with Crippen LogP contribution >= 0.6 is 0 Å². The summed E-state index contributed by atoms with van der Waals surface area (Å²) in [5.41, 5.74) is 3.54. The van der Waals surface area contributed by atoms with Gasteiger partial charge in [-0.1, -0.05) is 45.0 Å². The number of carbonyl (C=O) groups excluding carboxylic acids is 2. The van der Waals surface area contributed by atoms with Crippen LogP contribution in [0.5, 0.6) is 0 Å². The van der Waals surface area contributed by atoms with Crippen LogP contribution in [0.15, 0.2) is 36.5 Å². The highest BCUT2D eigenvalue weighted by Crippen LogP contribution is 2.30. The van der Waals surface area contributed by atoms with Gasteiger partial charge in [0.05, 0.1) is 17.8 Å². The largest absolute Gasteiger partial charge is 0.366 e. The Hall–Kier alpha value is -2.87. The molecular weight excluding hydrogens is 418 g/mol. The van der Waals surface area contributed by atoms with Crippen molar-refractivity contribution in [2.75, 3.05) is 32.8 Å². The fraction of sp³-hybridized carbons (Fsp3) is 0.560. The van der Waals surface area contributed by atoms with E-state index in [1.165, 1.54) is 5.56 Å². The lowest BCUT2D eigenvalue weighted by atomic mass is 9.90. The molecular formula is C25H33N5O3. The number of amides is 3. The number of rotatable bonds is 3. The summed E-state index contributed by atoms with van der Waals surface area (Å²) in [4.78, 5) is 28.3. The fourth-order valence-electron chi connectivity index (χ4n) is 4.93. The summed E-state index contributed by atoms with van der Waals surface area (Å²) < 4.78 is 7.60. The van der Waals surface area contributed by atoms with Gasteiger partial charge in [0.2, 0.25) is 5.91 Å². The van der Waals surface area contributed by atoms with Crippen LogP contribution in [0.3, 0.4) is 0 Å². The molecule has 1 N–H and O–H groups in total. The normalized spacial score (nSPS) is 23.7. The second-order valence-electron chi connectivity index (χ2n) is 10.7. The monoisotopic (exact) mass is 451 g/mol. The van der Waals surface area contributed by atoms with E-state index < -0.39 is 0 Å². The van der Waals surface area contributed by atoms with Gasteiger partial charge in [-0.2, -0.15) is 5.10 Å². The molecule has 8 nitrogen and oxygen atoms in total. The van der Waals surface area contributed by atoms with Crippen molar-refractivity contribution < 1.29 is 14.3 Å². The number of ether oxygens (including phenoxy) is 1. The first-order chi connectivity index (χ1) is 15.7. The van der Waals surface area contributed by atoms with Crippen molar-refractivity contribution in [1.82, 2.24) is 24.9 Å². The van der Waals surface area contributed by atoms with Gasteiger partial charge >= 0.3 is 6.03 Å². The Labute approximate surface area is 194 Å². The minimum Gasteiger partial charge on any atom is -0.366 e. The molecule has 2 atom stereocenters. The predicted molar refractivity (Wildman–Crippen MR) is 125 cm³/mol. The van der Waals surface area contributed by atoms with Gasteiger partial charge in [0.15, 0.2) is 0 Å². The molecule has 3 fully saturated rings. The molecule has 0 aliphatic carbocycles. The maximum atomic E-state index is 12.9. The van der Waals surface area contributed by atoms with Gasteiger partial charge in [-0.3, -0.25) is 9.48 Å². The number of urea groups is 1. The molecule has 0 saturated carbocycles. The van der Waals surface area contributed by atoms with Crippen molar-refractivity contribution in [2.24, 2.45) is 5.41 Å². The summed E-state index contributed by atoms with van der Waals surface area (Å²) in [6.45, 7) is 10.3. The highest BCUT2D eigenvalue weighted by atomic mass is 16.5. The molecule has 33 heavy (non-hydrogen) atoms. The van der Waals surface area contributed by atoms with E-state index in [1.54, 1.807) is 0 Å². The van der Waals surface area contributed by atoms with E-state index in [-0.39, 0.29) is 36.1 Å². The summed E-state index contributed by atoms with van der Waals surface area (Å²) in [5.74, 6) is 0.260. The van der Waals surface area contributed by atoms with Crippen LogP contribution in [0, 0.1) is 5.41 Å². The number of benzene rings is 1. The first kappa shape index (κ1) is 21.9. The Bertz CT molecular complexity index is 1020. The van der Waals surface area contributed by atoms with Crippen molar-refractivity contribution in [1.29, 1.82) is 0 Å². The average Bonchev–Trinajstić information content (AvgIpc) is 3.19. The Morgan fingerprint density at radius 2 is 1.88 bits per heavy atom. The molecule has 0 radical (unpaired) electrons. The lowest BCUT2D eigenvalue weighted by Gasteiger charge is -2.46. The molecule has 0 bridgehead atoms. The van der Waals surface area contributed by atoms with Crippen LogP contribution in [0.2, 0.25) is 0 Å². The van der Waals surface area contributed by atoms with Gasteiger partial charge in [-0.05, 0) is 23.5 Å². The summed E-state index contributed by atoms with van der Waals surface area (Å²) in [7, 11) is 0. The number of likely N-dealkylation sites (tertiary alicyclic amines) is 2. The number of piperidine rings is 1. The number of morpholine rings is 1. The molecule has 176 valence electrons. The molecule has 3 aliphatic rings. The summed E-state index contributed by atoms with van der Waals surface area (Å²) >= 11 is 0. The van der Waals surface area contributed by atoms with Crippen LogP contribution in [0.1, 0.15) is 38.7 Å². The zero-order chi connectivity index (χ0) is 23.2. The number of aromatic nitrogens is 2. The Balaban J connectivity index is 1.15. The number of carbonyl (C=O) groups is 2. The second-order valence-corrected chi connectivity index (χ2v) is 10.7. The van der Waals surface area contributed by atoms with Gasteiger partial charge in [0.1, 0.15) is 6.61 Å². The highest BCUT2D eigenvalue weighted by Gasteiger charge is 2.40. The van der Waals surface area contributed by atoms with E-state index in [2.05, 4.69) is 56.4 Å². The Morgan fingerprint density at radius 3 is 2.61 bits per heavy atom. The third kappa shape index (κ3) is 4.76. The number of nitrogens with zero attached hydrogens (tertiary/aromatic N) is 4. The zero-order valence-electron chi connectivity index (χ0n) is 19.7. The van der Waals surface area contributed by atoms with Gasteiger partial charge in [0.25, 0.3) is 0 Å². The molecule has 2 aromatic rings. The topological polar surface area (TPSA) is 79.7 Å². The smallest absolute Gasteiger partial charge is 0.320 e. The van der Waals surface area contributed by atoms with Crippen molar-refractivity contribution in [3.8, 4) is 11.3 Å². The van der Waals surface area contributed by atoms with E-state index in [4.69, 9.17) is 9.84 Å². The van der Waals surface area contributed by atoms with E-state index in [9.17, 15) is 9.59 Å². The van der Waals surface area contributed by atoms with Crippen LogP contribution < -0.4 is 5.32 Å². The molecule has 3 saturated heterocycles. The fourth-order valence-corrected chi connectivity index (χ4v) is 4.93. The Morgan fingerprint density at radius 1 is 1.12 bits per heavy atom. The minimum absolute atomic E-state index is 0.0225. The van der Waals surface area contributed by atoms with Crippen LogP contribution in [-0.2, 0) is 16.1 Å². The molecule has 1 aromatic heterocycles. The lowest BCUT2D eigenvalue weighted by Crippen LogP contribution is -2.63. The molecule has 5 rings (SSSR count). The van der Waals surface area contributed by atoms with Gasteiger partial charge in [0, 0.05) is 50.4 Å². The van der Waals surface area contributed by atoms with Crippen LogP contribution in [0.25, 0.3) is 11.3 Å². The molecule has 1 aromatic carbocycles. The lowest BCUT2D eigenvalue weighted by molar-refractivity contribution is -0.139. The highest BCUT2D eigenvalue weighted by molar-refractivity contribution is 5.79.